The number of aromatic nitrogens is 2. The number of nitrogens with zero attached hydrogens (tertiary/aromatic N) is 3. The molecule has 1 amide bonds. The second kappa shape index (κ2) is 9.77. The standard InChI is InChI=1S/C19H29FN4O4/c1-12(2)8-16(18(27)21-6-4-17(25)26)24-19(28)13(3)9-15(22-24)5-7-23-10-14(20)11-23/h9,12,14,16H,4-8,10-11H2,1-3H3,(H,21,27)(H,25,26)/t16-/m0/s1. The molecule has 2 rings (SSSR count). The molecular formula is C19H29FN4O4. The summed E-state index contributed by atoms with van der Waals surface area (Å²) in [6, 6.07) is 0.902. The first-order valence-corrected chi connectivity index (χ1v) is 9.62. The van der Waals surface area contributed by atoms with Gasteiger partial charge in [0.05, 0.1) is 12.1 Å². The number of alkyl halides is 1. The van der Waals surface area contributed by atoms with Gasteiger partial charge in [-0.25, -0.2) is 9.07 Å². The van der Waals surface area contributed by atoms with E-state index in [9.17, 15) is 18.8 Å². The highest BCUT2D eigenvalue weighted by Gasteiger charge is 2.27. The number of carbonyl (C=O) groups is 2. The van der Waals surface area contributed by atoms with Crippen molar-refractivity contribution >= 4 is 11.9 Å². The van der Waals surface area contributed by atoms with Gasteiger partial charge in [-0.1, -0.05) is 13.8 Å². The number of rotatable bonds is 10. The molecule has 1 aromatic rings. The maximum Gasteiger partial charge on any atom is 0.305 e. The number of likely N-dealkylation sites (tertiary alicyclic amines) is 1. The number of hydrogen-bond acceptors (Lipinski definition) is 5. The molecule has 2 heterocycles. The molecule has 0 spiro atoms. The number of carboxylic acids is 1. The van der Waals surface area contributed by atoms with Crippen LogP contribution in [-0.2, 0) is 16.0 Å². The Morgan fingerprint density at radius 2 is 2.07 bits per heavy atom. The van der Waals surface area contributed by atoms with Crippen LogP contribution in [0.15, 0.2) is 10.9 Å². The lowest BCUT2D eigenvalue weighted by Gasteiger charge is -2.34. The zero-order chi connectivity index (χ0) is 20.8. The van der Waals surface area contributed by atoms with E-state index < -0.39 is 24.1 Å². The Balaban J connectivity index is 2.18. The van der Waals surface area contributed by atoms with Gasteiger partial charge in [-0.2, -0.15) is 5.10 Å². The molecule has 0 aromatic carbocycles. The van der Waals surface area contributed by atoms with Crippen molar-refractivity contribution < 1.29 is 19.1 Å². The van der Waals surface area contributed by atoms with Crippen LogP contribution < -0.4 is 10.9 Å². The number of halogens is 1. The van der Waals surface area contributed by atoms with Crippen LogP contribution in [0, 0.1) is 12.8 Å². The zero-order valence-corrected chi connectivity index (χ0v) is 16.7. The third kappa shape index (κ3) is 6.12. The minimum atomic E-state index is -1.00. The summed E-state index contributed by atoms with van der Waals surface area (Å²) < 4.78 is 14.2. The SMILES string of the molecule is Cc1cc(CCN2CC(F)C2)nn([C@@H](CC(C)C)C(=O)NCCC(=O)O)c1=O. The van der Waals surface area contributed by atoms with Crippen LogP contribution in [0.1, 0.15) is 44.0 Å². The molecule has 1 aliphatic heterocycles. The van der Waals surface area contributed by atoms with E-state index in [2.05, 4.69) is 10.4 Å². The van der Waals surface area contributed by atoms with Crippen molar-refractivity contribution in [2.75, 3.05) is 26.2 Å². The summed E-state index contributed by atoms with van der Waals surface area (Å²) in [5, 5.41) is 15.7. The van der Waals surface area contributed by atoms with Crippen molar-refractivity contribution in [2.24, 2.45) is 5.92 Å². The van der Waals surface area contributed by atoms with Gasteiger partial charge in [-0.15, -0.1) is 0 Å². The summed E-state index contributed by atoms with van der Waals surface area (Å²) >= 11 is 0. The Morgan fingerprint density at radius 3 is 2.64 bits per heavy atom. The quantitative estimate of drug-likeness (QED) is 0.610. The van der Waals surface area contributed by atoms with Crippen molar-refractivity contribution in [3.05, 3.63) is 27.7 Å². The van der Waals surface area contributed by atoms with Gasteiger partial charge >= 0.3 is 5.97 Å². The van der Waals surface area contributed by atoms with Gasteiger partial charge in [0.25, 0.3) is 5.56 Å². The van der Waals surface area contributed by atoms with Gasteiger partial charge in [-0.3, -0.25) is 19.3 Å². The number of carbonyl (C=O) groups excluding carboxylic acids is 1. The first-order valence-electron chi connectivity index (χ1n) is 9.62. The lowest BCUT2D eigenvalue weighted by molar-refractivity contribution is -0.137. The van der Waals surface area contributed by atoms with Crippen LogP contribution in [0.3, 0.4) is 0 Å². The maximum absolute atomic E-state index is 13.0. The van der Waals surface area contributed by atoms with Gasteiger partial charge in [-0.05, 0) is 25.3 Å². The van der Waals surface area contributed by atoms with Gasteiger partial charge in [0, 0.05) is 38.2 Å². The van der Waals surface area contributed by atoms with Crippen molar-refractivity contribution in [1.29, 1.82) is 0 Å². The van der Waals surface area contributed by atoms with E-state index in [1.165, 1.54) is 4.68 Å². The molecule has 1 aromatic heterocycles. The third-order valence-electron chi connectivity index (χ3n) is 4.69. The molecule has 2 N–H and O–H groups in total. The number of amides is 1. The van der Waals surface area contributed by atoms with E-state index in [-0.39, 0.29) is 24.4 Å². The smallest absolute Gasteiger partial charge is 0.305 e. The summed E-state index contributed by atoms with van der Waals surface area (Å²) in [5.74, 6) is -1.28. The number of aryl methyl sites for hydroxylation is 1. The molecule has 0 unspecified atom stereocenters. The van der Waals surface area contributed by atoms with Crippen molar-refractivity contribution in [3.8, 4) is 0 Å². The van der Waals surface area contributed by atoms with Crippen LogP contribution in [0.5, 0.6) is 0 Å². The Labute approximate surface area is 163 Å². The lowest BCUT2D eigenvalue weighted by atomic mass is 10.0. The normalized spacial score (nSPS) is 16.0. The highest BCUT2D eigenvalue weighted by Crippen LogP contribution is 2.17. The summed E-state index contributed by atoms with van der Waals surface area (Å²) in [4.78, 5) is 37.9. The number of hydrogen-bond donors (Lipinski definition) is 2. The van der Waals surface area contributed by atoms with Gasteiger partial charge in [0.2, 0.25) is 5.91 Å². The topological polar surface area (TPSA) is 105 Å². The summed E-state index contributed by atoms with van der Waals surface area (Å²) in [6.45, 7) is 7.04. The molecule has 156 valence electrons. The van der Waals surface area contributed by atoms with E-state index in [0.717, 1.165) is 0 Å². The molecule has 0 bridgehead atoms. The fraction of sp³-hybridized carbons (Fsp3) is 0.684. The largest absolute Gasteiger partial charge is 0.481 e. The Morgan fingerprint density at radius 1 is 1.39 bits per heavy atom. The lowest BCUT2D eigenvalue weighted by Crippen LogP contribution is -2.49. The number of carboxylic acid groups (broad SMARTS) is 1. The first-order chi connectivity index (χ1) is 13.2. The molecule has 0 radical (unpaired) electrons. The van der Waals surface area contributed by atoms with Crippen LogP contribution in [0.25, 0.3) is 0 Å². The van der Waals surface area contributed by atoms with Crippen LogP contribution in [0.2, 0.25) is 0 Å². The van der Waals surface area contributed by atoms with Crippen LogP contribution >= 0.6 is 0 Å². The molecule has 9 heteroatoms. The molecule has 1 saturated heterocycles. The summed E-state index contributed by atoms with van der Waals surface area (Å²) in [7, 11) is 0. The van der Waals surface area contributed by atoms with Crippen LogP contribution in [0.4, 0.5) is 4.39 Å². The number of nitrogens with one attached hydrogen (secondary N) is 1. The predicted molar refractivity (Wildman–Crippen MR) is 102 cm³/mol. The Bertz CT molecular complexity index is 759. The van der Waals surface area contributed by atoms with Crippen molar-refractivity contribution in [1.82, 2.24) is 20.0 Å². The molecule has 0 aliphatic carbocycles. The zero-order valence-electron chi connectivity index (χ0n) is 16.7. The maximum atomic E-state index is 13.0. The molecule has 1 aliphatic rings. The fourth-order valence-electron chi connectivity index (χ4n) is 3.18. The average Bonchev–Trinajstić information content (AvgIpc) is 2.58. The molecular weight excluding hydrogens is 367 g/mol. The minimum Gasteiger partial charge on any atom is -0.481 e. The van der Waals surface area contributed by atoms with E-state index in [4.69, 9.17) is 5.11 Å². The van der Waals surface area contributed by atoms with E-state index in [1.807, 2.05) is 18.7 Å². The first kappa shape index (κ1) is 22.0. The Kier molecular flexibility index (Phi) is 7.68. The van der Waals surface area contributed by atoms with Gasteiger partial charge in [0.15, 0.2) is 0 Å². The summed E-state index contributed by atoms with van der Waals surface area (Å²) in [5.41, 5.74) is 0.825. The highest BCUT2D eigenvalue weighted by atomic mass is 19.1. The molecule has 0 saturated carbocycles. The Hall–Kier alpha value is -2.29. The van der Waals surface area contributed by atoms with Gasteiger partial charge in [0.1, 0.15) is 12.2 Å². The minimum absolute atomic E-state index is 0.00442. The molecule has 1 atom stereocenters. The highest BCUT2D eigenvalue weighted by molar-refractivity contribution is 5.80. The average molecular weight is 396 g/mol. The van der Waals surface area contributed by atoms with Crippen molar-refractivity contribution in [3.63, 3.8) is 0 Å². The predicted octanol–water partition coefficient (Wildman–Crippen LogP) is 0.926. The molecule has 28 heavy (non-hydrogen) atoms. The van der Waals surface area contributed by atoms with E-state index in [1.54, 1.807) is 13.0 Å². The molecule has 1 fully saturated rings. The van der Waals surface area contributed by atoms with E-state index in [0.29, 0.717) is 43.7 Å². The van der Waals surface area contributed by atoms with Crippen LogP contribution in [-0.4, -0.2) is 64.0 Å². The fourth-order valence-corrected chi connectivity index (χ4v) is 3.18. The number of aliphatic carboxylic acids is 1. The second-order valence-corrected chi connectivity index (χ2v) is 7.76. The second-order valence-electron chi connectivity index (χ2n) is 7.76. The molecule has 8 nitrogen and oxygen atoms in total. The third-order valence-corrected chi connectivity index (χ3v) is 4.69. The van der Waals surface area contributed by atoms with Gasteiger partial charge < -0.3 is 10.4 Å². The summed E-state index contributed by atoms with van der Waals surface area (Å²) in [6.07, 6.45) is 0.00810. The monoisotopic (exact) mass is 396 g/mol. The van der Waals surface area contributed by atoms with Crippen molar-refractivity contribution in [2.45, 2.75) is 52.2 Å². The van der Waals surface area contributed by atoms with E-state index >= 15 is 0 Å².